The van der Waals surface area contributed by atoms with E-state index >= 15 is 0 Å². The summed E-state index contributed by atoms with van der Waals surface area (Å²) in [5, 5.41) is 2.92. The molecule has 3 nitrogen and oxygen atoms in total. The van der Waals surface area contributed by atoms with Gasteiger partial charge in [-0.1, -0.05) is 12.2 Å². The Kier molecular flexibility index (Phi) is 4.76. The maximum atomic E-state index is 13.6. The summed E-state index contributed by atoms with van der Waals surface area (Å²) in [6, 6.07) is 4.69. The number of nitrogens with zero attached hydrogens (tertiary/aromatic N) is 1. The van der Waals surface area contributed by atoms with Crippen molar-refractivity contribution in [2.45, 2.75) is 38.5 Å². The van der Waals surface area contributed by atoms with E-state index in [1.54, 1.807) is 6.07 Å². The summed E-state index contributed by atoms with van der Waals surface area (Å²) in [5.41, 5.74) is 1.55. The summed E-state index contributed by atoms with van der Waals surface area (Å²) in [7, 11) is 0. The second kappa shape index (κ2) is 6.95. The van der Waals surface area contributed by atoms with Crippen molar-refractivity contribution in [3.63, 3.8) is 0 Å². The lowest BCUT2D eigenvalue weighted by Gasteiger charge is -2.30. The number of anilines is 2. The van der Waals surface area contributed by atoms with Crippen LogP contribution >= 0.6 is 0 Å². The fourth-order valence-corrected chi connectivity index (χ4v) is 3.32. The number of carbonyl (C=O) groups is 1. The Morgan fingerprint density at radius 3 is 2.82 bits per heavy atom. The summed E-state index contributed by atoms with van der Waals surface area (Å²) < 4.78 is 13.6. The van der Waals surface area contributed by atoms with E-state index in [0.29, 0.717) is 18.0 Å². The van der Waals surface area contributed by atoms with Gasteiger partial charge in [0.1, 0.15) is 5.82 Å². The highest BCUT2D eigenvalue weighted by Gasteiger charge is 2.18. The summed E-state index contributed by atoms with van der Waals surface area (Å²) in [5.74, 6) is -0.00998. The summed E-state index contributed by atoms with van der Waals surface area (Å²) in [6.45, 7) is 1.94. The smallest absolute Gasteiger partial charge is 0.225 e. The second-order valence-corrected chi connectivity index (χ2v) is 6.23. The molecule has 1 atom stereocenters. The first-order valence-electron chi connectivity index (χ1n) is 8.23. The van der Waals surface area contributed by atoms with Crippen molar-refractivity contribution in [3.05, 3.63) is 36.2 Å². The number of allylic oxidation sites excluding steroid dienone is 2. The molecule has 1 amide bonds. The molecule has 0 bridgehead atoms. The largest absolute Gasteiger partial charge is 0.370 e. The van der Waals surface area contributed by atoms with Crippen LogP contribution in [0.3, 0.4) is 0 Å². The van der Waals surface area contributed by atoms with Gasteiger partial charge >= 0.3 is 0 Å². The lowest BCUT2D eigenvalue weighted by atomic mass is 10.0. The van der Waals surface area contributed by atoms with Crippen molar-refractivity contribution >= 4 is 17.3 Å². The van der Waals surface area contributed by atoms with Gasteiger partial charge in [0.25, 0.3) is 0 Å². The van der Waals surface area contributed by atoms with Crippen molar-refractivity contribution in [1.82, 2.24) is 0 Å². The highest BCUT2D eigenvalue weighted by Crippen LogP contribution is 2.30. The van der Waals surface area contributed by atoms with Crippen LogP contribution in [0.5, 0.6) is 0 Å². The minimum Gasteiger partial charge on any atom is -0.370 e. The van der Waals surface area contributed by atoms with Crippen LogP contribution in [-0.2, 0) is 4.79 Å². The van der Waals surface area contributed by atoms with Gasteiger partial charge in [-0.05, 0) is 56.2 Å². The third-order valence-electron chi connectivity index (χ3n) is 4.49. The van der Waals surface area contributed by atoms with E-state index < -0.39 is 0 Å². The van der Waals surface area contributed by atoms with E-state index in [0.717, 1.165) is 44.5 Å². The molecule has 1 aliphatic heterocycles. The van der Waals surface area contributed by atoms with Gasteiger partial charge in [-0.25, -0.2) is 4.39 Å². The molecule has 22 heavy (non-hydrogen) atoms. The van der Waals surface area contributed by atoms with Crippen LogP contribution in [0.4, 0.5) is 15.8 Å². The van der Waals surface area contributed by atoms with Crippen molar-refractivity contribution in [2.24, 2.45) is 5.92 Å². The Labute approximate surface area is 131 Å². The Balaban J connectivity index is 1.71. The van der Waals surface area contributed by atoms with Crippen molar-refractivity contribution in [3.8, 4) is 0 Å². The van der Waals surface area contributed by atoms with Crippen molar-refractivity contribution in [1.29, 1.82) is 0 Å². The minimum absolute atomic E-state index is 0.0274. The molecule has 1 aromatic rings. The molecule has 1 fully saturated rings. The molecule has 1 heterocycles. The molecule has 4 heteroatoms. The molecular weight excluding hydrogens is 279 g/mol. The molecule has 0 spiro atoms. The molecule has 3 rings (SSSR count). The van der Waals surface area contributed by atoms with E-state index in [1.165, 1.54) is 18.6 Å². The number of rotatable bonds is 4. The summed E-state index contributed by atoms with van der Waals surface area (Å²) >= 11 is 0. The fourth-order valence-electron chi connectivity index (χ4n) is 3.32. The van der Waals surface area contributed by atoms with Crippen LogP contribution in [0, 0.1) is 11.7 Å². The van der Waals surface area contributed by atoms with E-state index in [9.17, 15) is 9.18 Å². The number of hydrogen-bond donors (Lipinski definition) is 1. The summed E-state index contributed by atoms with van der Waals surface area (Å²) in [4.78, 5) is 14.5. The maximum absolute atomic E-state index is 13.6. The first-order valence-corrected chi connectivity index (χ1v) is 8.23. The van der Waals surface area contributed by atoms with Crippen molar-refractivity contribution < 1.29 is 9.18 Å². The van der Waals surface area contributed by atoms with Gasteiger partial charge in [-0.3, -0.25) is 4.79 Å². The molecule has 1 unspecified atom stereocenters. The fraction of sp³-hybridized carbons (Fsp3) is 0.500. The van der Waals surface area contributed by atoms with Gasteiger partial charge < -0.3 is 10.2 Å². The Morgan fingerprint density at radius 2 is 2.09 bits per heavy atom. The van der Waals surface area contributed by atoms with Crippen LogP contribution in [0.25, 0.3) is 0 Å². The molecule has 118 valence electrons. The Bertz CT molecular complexity index is 564. The molecule has 0 saturated carbocycles. The topological polar surface area (TPSA) is 32.3 Å². The molecule has 1 aliphatic carbocycles. The zero-order valence-electron chi connectivity index (χ0n) is 12.9. The average molecular weight is 302 g/mol. The number of benzene rings is 1. The second-order valence-electron chi connectivity index (χ2n) is 6.23. The van der Waals surface area contributed by atoms with Gasteiger partial charge in [-0.2, -0.15) is 0 Å². The Morgan fingerprint density at radius 1 is 1.27 bits per heavy atom. The number of halogens is 1. The average Bonchev–Trinajstić information content (AvgIpc) is 3.01. The number of carbonyl (C=O) groups excluding carboxylic acids is 1. The van der Waals surface area contributed by atoms with Crippen LogP contribution < -0.4 is 10.2 Å². The third-order valence-corrected chi connectivity index (χ3v) is 4.49. The lowest BCUT2D eigenvalue weighted by Crippen LogP contribution is -2.30. The minimum atomic E-state index is -0.308. The number of hydrogen-bond acceptors (Lipinski definition) is 2. The molecular formula is C18H23FN2O. The van der Waals surface area contributed by atoms with Gasteiger partial charge in [-0.15, -0.1) is 0 Å². The zero-order chi connectivity index (χ0) is 15.4. The van der Waals surface area contributed by atoms with E-state index in [2.05, 4.69) is 22.4 Å². The van der Waals surface area contributed by atoms with Crippen LogP contribution in [0.2, 0.25) is 0 Å². The molecule has 0 radical (unpaired) electrons. The lowest BCUT2D eigenvalue weighted by molar-refractivity contribution is -0.116. The monoisotopic (exact) mass is 302 g/mol. The van der Waals surface area contributed by atoms with Crippen molar-refractivity contribution in [2.75, 3.05) is 23.3 Å². The predicted molar refractivity (Wildman–Crippen MR) is 87.6 cm³/mol. The predicted octanol–water partition coefficient (Wildman–Crippen LogP) is 4.11. The third kappa shape index (κ3) is 3.67. The van der Waals surface area contributed by atoms with Crippen LogP contribution in [0.15, 0.2) is 30.4 Å². The van der Waals surface area contributed by atoms with Gasteiger partial charge in [0.05, 0.1) is 11.4 Å². The molecule has 0 aromatic heterocycles. The van der Waals surface area contributed by atoms with E-state index in [-0.39, 0.29) is 11.7 Å². The standard InChI is InChI=1S/C18H23FN2O/c19-15-8-9-17(21-10-4-1-5-11-21)16(13-15)20-18(22)12-14-6-2-3-7-14/h2,6,8-9,13-14H,1,3-5,7,10-12H2,(H,20,22). The first-order chi connectivity index (χ1) is 10.7. The van der Waals surface area contributed by atoms with E-state index in [4.69, 9.17) is 0 Å². The quantitative estimate of drug-likeness (QED) is 0.849. The highest BCUT2D eigenvalue weighted by molar-refractivity contribution is 5.94. The van der Waals surface area contributed by atoms with Crippen LogP contribution in [-0.4, -0.2) is 19.0 Å². The SMILES string of the molecule is O=C(CC1C=CCC1)Nc1cc(F)ccc1N1CCCCC1. The maximum Gasteiger partial charge on any atom is 0.225 e. The first kappa shape index (κ1) is 15.1. The molecule has 1 saturated heterocycles. The molecule has 1 aromatic carbocycles. The van der Waals surface area contributed by atoms with Crippen LogP contribution in [0.1, 0.15) is 38.5 Å². The molecule has 1 N–H and O–H groups in total. The van der Waals surface area contributed by atoms with Gasteiger partial charge in [0, 0.05) is 19.5 Å². The normalized spacial score (nSPS) is 21.1. The van der Waals surface area contributed by atoms with E-state index in [1.807, 2.05) is 0 Å². The summed E-state index contributed by atoms with van der Waals surface area (Å²) in [6.07, 6.45) is 10.3. The number of nitrogens with one attached hydrogen (secondary N) is 1. The van der Waals surface area contributed by atoms with Gasteiger partial charge in [0.2, 0.25) is 5.91 Å². The molecule has 2 aliphatic rings. The van der Waals surface area contributed by atoms with Gasteiger partial charge in [0.15, 0.2) is 0 Å². The highest BCUT2D eigenvalue weighted by atomic mass is 19.1. The zero-order valence-corrected chi connectivity index (χ0v) is 12.9. The Hall–Kier alpha value is -1.84. The number of amides is 1. The number of piperidine rings is 1.